The van der Waals surface area contributed by atoms with E-state index >= 15 is 0 Å². The Kier molecular flexibility index (Phi) is 2.99. The standard InChI is InChI=1S/C15H15NO2/c17-15-4-1-12-9-13(2-3-14(12)15)18-10-11-5-7-16-8-6-11/h2-3,5-9,15,17H,1,4,10H2. The topological polar surface area (TPSA) is 42.4 Å². The molecule has 1 aliphatic rings. The SMILES string of the molecule is OC1CCc2cc(OCc3ccncc3)ccc21. The van der Waals surface area contributed by atoms with Crippen molar-refractivity contribution in [3.05, 3.63) is 59.4 Å². The molecule has 1 atom stereocenters. The molecule has 3 rings (SSSR count). The molecule has 18 heavy (non-hydrogen) atoms. The Bertz CT molecular complexity index is 539. The second-order valence-corrected chi connectivity index (χ2v) is 4.56. The summed E-state index contributed by atoms with van der Waals surface area (Å²) in [7, 11) is 0. The third kappa shape index (κ3) is 2.22. The summed E-state index contributed by atoms with van der Waals surface area (Å²) < 4.78 is 5.74. The van der Waals surface area contributed by atoms with Crippen molar-refractivity contribution in [2.45, 2.75) is 25.6 Å². The molecule has 1 unspecified atom stereocenters. The van der Waals surface area contributed by atoms with Crippen LogP contribution >= 0.6 is 0 Å². The van der Waals surface area contributed by atoms with Gasteiger partial charge in [-0.25, -0.2) is 0 Å². The molecule has 2 aromatic rings. The largest absolute Gasteiger partial charge is 0.489 e. The van der Waals surface area contributed by atoms with Gasteiger partial charge >= 0.3 is 0 Å². The van der Waals surface area contributed by atoms with Crippen molar-refractivity contribution in [3.63, 3.8) is 0 Å². The van der Waals surface area contributed by atoms with Gasteiger partial charge in [-0.3, -0.25) is 4.98 Å². The molecule has 1 aliphatic carbocycles. The normalized spacial score (nSPS) is 17.5. The average Bonchev–Trinajstić information content (AvgIpc) is 2.79. The fraction of sp³-hybridized carbons (Fsp3) is 0.267. The van der Waals surface area contributed by atoms with Gasteiger partial charge in [0.2, 0.25) is 0 Å². The number of aliphatic hydroxyl groups excluding tert-OH is 1. The Morgan fingerprint density at radius 3 is 2.89 bits per heavy atom. The highest BCUT2D eigenvalue weighted by Gasteiger charge is 2.20. The van der Waals surface area contributed by atoms with Crippen molar-refractivity contribution in [3.8, 4) is 5.75 Å². The Balaban J connectivity index is 1.71. The average molecular weight is 241 g/mol. The first kappa shape index (κ1) is 11.2. The highest BCUT2D eigenvalue weighted by atomic mass is 16.5. The van der Waals surface area contributed by atoms with Crippen LogP contribution in [0.15, 0.2) is 42.7 Å². The zero-order valence-electron chi connectivity index (χ0n) is 10.0. The molecule has 0 aliphatic heterocycles. The fourth-order valence-electron chi connectivity index (χ4n) is 2.31. The van der Waals surface area contributed by atoms with Crippen molar-refractivity contribution in [2.24, 2.45) is 0 Å². The van der Waals surface area contributed by atoms with E-state index in [1.807, 2.05) is 30.3 Å². The molecule has 0 amide bonds. The van der Waals surface area contributed by atoms with E-state index in [0.29, 0.717) is 6.61 Å². The molecule has 3 heteroatoms. The Morgan fingerprint density at radius 2 is 2.06 bits per heavy atom. The number of nitrogens with zero attached hydrogens (tertiary/aromatic N) is 1. The number of fused-ring (bicyclic) bond motifs is 1. The summed E-state index contributed by atoms with van der Waals surface area (Å²) in [6.07, 6.45) is 4.98. The van der Waals surface area contributed by atoms with Crippen molar-refractivity contribution in [1.29, 1.82) is 0 Å². The third-order valence-corrected chi connectivity index (χ3v) is 3.32. The van der Waals surface area contributed by atoms with Crippen LogP contribution in [0.2, 0.25) is 0 Å². The number of aryl methyl sites for hydroxylation is 1. The minimum atomic E-state index is -0.297. The first-order chi connectivity index (χ1) is 8.83. The van der Waals surface area contributed by atoms with E-state index in [4.69, 9.17) is 4.74 Å². The Labute approximate surface area is 106 Å². The monoisotopic (exact) mass is 241 g/mol. The predicted octanol–water partition coefficient (Wildman–Crippen LogP) is 2.64. The van der Waals surface area contributed by atoms with Crippen molar-refractivity contribution >= 4 is 0 Å². The maximum atomic E-state index is 9.73. The van der Waals surface area contributed by atoms with E-state index in [-0.39, 0.29) is 6.10 Å². The molecule has 1 heterocycles. The molecule has 3 nitrogen and oxygen atoms in total. The van der Waals surface area contributed by atoms with Crippen molar-refractivity contribution < 1.29 is 9.84 Å². The molecule has 1 aromatic heterocycles. The summed E-state index contributed by atoms with van der Waals surface area (Å²) in [5, 5.41) is 9.73. The van der Waals surface area contributed by atoms with Gasteiger partial charge in [-0.2, -0.15) is 0 Å². The molecule has 0 radical (unpaired) electrons. The van der Waals surface area contributed by atoms with E-state index in [9.17, 15) is 5.11 Å². The quantitative estimate of drug-likeness (QED) is 0.898. The first-order valence-corrected chi connectivity index (χ1v) is 6.15. The van der Waals surface area contributed by atoms with Gasteiger partial charge in [0, 0.05) is 12.4 Å². The third-order valence-electron chi connectivity index (χ3n) is 3.32. The van der Waals surface area contributed by atoms with Crippen molar-refractivity contribution in [2.75, 3.05) is 0 Å². The van der Waals surface area contributed by atoms with E-state index in [0.717, 1.165) is 29.7 Å². The minimum Gasteiger partial charge on any atom is -0.489 e. The lowest BCUT2D eigenvalue weighted by molar-refractivity contribution is 0.180. The lowest BCUT2D eigenvalue weighted by Crippen LogP contribution is -1.96. The number of hydrogen-bond donors (Lipinski definition) is 1. The summed E-state index contributed by atoms with van der Waals surface area (Å²) in [5.41, 5.74) is 3.35. The van der Waals surface area contributed by atoms with Crippen LogP contribution in [-0.4, -0.2) is 10.1 Å². The molecule has 0 fully saturated rings. The number of benzene rings is 1. The van der Waals surface area contributed by atoms with Gasteiger partial charge in [-0.05, 0) is 53.8 Å². The van der Waals surface area contributed by atoms with E-state index in [2.05, 4.69) is 4.98 Å². The van der Waals surface area contributed by atoms with Crippen LogP contribution in [0.1, 0.15) is 29.2 Å². The minimum absolute atomic E-state index is 0.297. The lowest BCUT2D eigenvalue weighted by atomic mass is 10.1. The smallest absolute Gasteiger partial charge is 0.120 e. The number of pyridine rings is 1. The number of aliphatic hydroxyl groups is 1. The molecule has 92 valence electrons. The van der Waals surface area contributed by atoms with Gasteiger partial charge in [-0.15, -0.1) is 0 Å². The van der Waals surface area contributed by atoms with E-state index < -0.39 is 0 Å². The molecular weight excluding hydrogens is 226 g/mol. The Morgan fingerprint density at radius 1 is 1.22 bits per heavy atom. The number of aromatic nitrogens is 1. The molecular formula is C15H15NO2. The summed E-state index contributed by atoms with van der Waals surface area (Å²) >= 11 is 0. The van der Waals surface area contributed by atoms with Crippen LogP contribution < -0.4 is 4.74 Å². The van der Waals surface area contributed by atoms with Crippen LogP contribution in [0.4, 0.5) is 0 Å². The second kappa shape index (κ2) is 4.78. The molecule has 1 N–H and O–H groups in total. The lowest BCUT2D eigenvalue weighted by Gasteiger charge is -2.09. The summed E-state index contributed by atoms with van der Waals surface area (Å²) in [6.45, 7) is 0.545. The highest BCUT2D eigenvalue weighted by molar-refractivity contribution is 5.39. The van der Waals surface area contributed by atoms with E-state index in [1.165, 1.54) is 5.56 Å². The zero-order chi connectivity index (χ0) is 12.4. The van der Waals surface area contributed by atoms with Crippen LogP contribution in [0, 0.1) is 0 Å². The van der Waals surface area contributed by atoms with Gasteiger partial charge in [0.15, 0.2) is 0 Å². The number of hydrogen-bond acceptors (Lipinski definition) is 3. The summed E-state index contributed by atoms with van der Waals surface area (Å²) in [6, 6.07) is 9.81. The number of ether oxygens (including phenoxy) is 1. The molecule has 0 bridgehead atoms. The summed E-state index contributed by atoms with van der Waals surface area (Å²) in [4.78, 5) is 3.97. The van der Waals surface area contributed by atoms with Crippen molar-refractivity contribution in [1.82, 2.24) is 4.98 Å². The second-order valence-electron chi connectivity index (χ2n) is 4.56. The molecule has 1 aromatic carbocycles. The summed E-state index contributed by atoms with van der Waals surface area (Å²) in [5.74, 6) is 0.861. The van der Waals surface area contributed by atoms with Crippen LogP contribution in [0.5, 0.6) is 5.75 Å². The van der Waals surface area contributed by atoms with Crippen LogP contribution in [0.3, 0.4) is 0 Å². The molecule has 0 spiro atoms. The maximum Gasteiger partial charge on any atom is 0.120 e. The maximum absolute atomic E-state index is 9.73. The van der Waals surface area contributed by atoms with Gasteiger partial charge in [-0.1, -0.05) is 6.07 Å². The van der Waals surface area contributed by atoms with Gasteiger partial charge in [0.05, 0.1) is 6.10 Å². The van der Waals surface area contributed by atoms with Gasteiger partial charge in [0.1, 0.15) is 12.4 Å². The predicted molar refractivity (Wildman–Crippen MR) is 68.3 cm³/mol. The first-order valence-electron chi connectivity index (χ1n) is 6.15. The van der Waals surface area contributed by atoms with Gasteiger partial charge < -0.3 is 9.84 Å². The Hall–Kier alpha value is -1.87. The molecule has 0 saturated carbocycles. The molecule has 0 saturated heterocycles. The zero-order valence-corrected chi connectivity index (χ0v) is 10.0. The van der Waals surface area contributed by atoms with Crippen LogP contribution in [-0.2, 0) is 13.0 Å². The van der Waals surface area contributed by atoms with Crippen LogP contribution in [0.25, 0.3) is 0 Å². The fourth-order valence-corrected chi connectivity index (χ4v) is 2.31. The highest BCUT2D eigenvalue weighted by Crippen LogP contribution is 2.33. The van der Waals surface area contributed by atoms with Gasteiger partial charge in [0.25, 0.3) is 0 Å². The number of rotatable bonds is 3. The van der Waals surface area contributed by atoms with E-state index in [1.54, 1.807) is 12.4 Å².